The number of allylic oxidation sites excluding steroid dienone is 1. The van der Waals surface area contributed by atoms with Crippen molar-refractivity contribution in [1.29, 1.82) is 0 Å². The normalized spacial score (nSPS) is 18.2. The average Bonchev–Trinajstić information content (AvgIpc) is 3.25. The van der Waals surface area contributed by atoms with Crippen LogP contribution in [0.25, 0.3) is 0 Å². The van der Waals surface area contributed by atoms with Crippen LogP contribution in [0.15, 0.2) is 65.0 Å². The fourth-order valence-corrected chi connectivity index (χ4v) is 5.91. The zero-order valence-corrected chi connectivity index (χ0v) is 21.7. The molecule has 0 spiro atoms. The molecule has 1 atom stereocenters. The molecule has 182 valence electrons. The summed E-state index contributed by atoms with van der Waals surface area (Å²) in [5.41, 5.74) is 3.09. The van der Waals surface area contributed by atoms with E-state index in [0.29, 0.717) is 38.2 Å². The van der Waals surface area contributed by atoms with Crippen LogP contribution >= 0.6 is 35.0 Å². The van der Waals surface area contributed by atoms with Gasteiger partial charge in [-0.1, -0.05) is 71.7 Å². The molecule has 0 amide bonds. The van der Waals surface area contributed by atoms with Crippen LogP contribution in [0.2, 0.25) is 10.0 Å². The first-order valence-electron chi connectivity index (χ1n) is 11.8. The largest absolute Gasteiger partial charge is 0.459 e. The summed E-state index contributed by atoms with van der Waals surface area (Å²) in [7, 11) is 0. The van der Waals surface area contributed by atoms with E-state index in [2.05, 4.69) is 5.32 Å². The van der Waals surface area contributed by atoms with E-state index in [-0.39, 0.29) is 12.1 Å². The fourth-order valence-electron chi connectivity index (χ4n) is 4.60. The van der Waals surface area contributed by atoms with Crippen molar-refractivity contribution in [3.8, 4) is 0 Å². The highest BCUT2D eigenvalue weighted by Gasteiger charge is 2.36. The number of thioether (sulfide) groups is 1. The molecule has 1 aromatic heterocycles. The number of nitrogens with zero attached hydrogens (tertiary/aromatic N) is 3. The van der Waals surface area contributed by atoms with Gasteiger partial charge in [0.2, 0.25) is 11.1 Å². The van der Waals surface area contributed by atoms with Gasteiger partial charge in [0.1, 0.15) is 12.1 Å². The maximum Gasteiger partial charge on any atom is 0.338 e. The third-order valence-corrected chi connectivity index (χ3v) is 7.85. The third-order valence-electron chi connectivity index (χ3n) is 6.36. The molecule has 1 N–H and O–H groups in total. The van der Waals surface area contributed by atoms with Crippen molar-refractivity contribution in [3.05, 3.63) is 81.0 Å². The van der Waals surface area contributed by atoms with Crippen LogP contribution in [0, 0.1) is 0 Å². The van der Waals surface area contributed by atoms with E-state index in [1.54, 1.807) is 4.68 Å². The predicted octanol–water partition coefficient (Wildman–Crippen LogP) is 7.04. The van der Waals surface area contributed by atoms with Crippen LogP contribution in [0.5, 0.6) is 0 Å². The summed E-state index contributed by atoms with van der Waals surface area (Å²) in [6.07, 6.45) is 5.14. The Labute approximate surface area is 219 Å². The molecule has 35 heavy (non-hydrogen) atoms. The van der Waals surface area contributed by atoms with Gasteiger partial charge < -0.3 is 10.1 Å². The van der Waals surface area contributed by atoms with E-state index in [1.165, 1.54) is 18.2 Å². The Kier molecular flexibility index (Phi) is 7.37. The van der Waals surface area contributed by atoms with Gasteiger partial charge in [-0.3, -0.25) is 0 Å². The first-order valence-corrected chi connectivity index (χ1v) is 13.5. The van der Waals surface area contributed by atoms with Gasteiger partial charge in [-0.05, 0) is 61.9 Å². The van der Waals surface area contributed by atoms with E-state index in [9.17, 15) is 4.79 Å². The number of halogens is 2. The Bertz CT molecular complexity index is 1270. The van der Waals surface area contributed by atoms with Crippen molar-refractivity contribution >= 4 is 46.9 Å². The molecule has 1 unspecified atom stereocenters. The predicted molar refractivity (Wildman–Crippen MR) is 140 cm³/mol. The molecule has 5 rings (SSSR count). The Morgan fingerprint density at radius 1 is 1.14 bits per heavy atom. The number of carbonyl (C=O) groups is 1. The fraction of sp³-hybridized carbons (Fsp3) is 0.346. The summed E-state index contributed by atoms with van der Waals surface area (Å²) in [6.45, 7) is 1.88. The maximum atomic E-state index is 13.5. The molecule has 1 aliphatic carbocycles. The van der Waals surface area contributed by atoms with Crippen molar-refractivity contribution in [1.82, 2.24) is 14.8 Å². The van der Waals surface area contributed by atoms with Gasteiger partial charge in [0.15, 0.2) is 0 Å². The molecule has 0 bridgehead atoms. The summed E-state index contributed by atoms with van der Waals surface area (Å²) in [4.78, 5) is 18.2. The van der Waals surface area contributed by atoms with Crippen LogP contribution in [-0.4, -0.2) is 26.8 Å². The number of fused-ring (bicyclic) bond motifs is 1. The number of esters is 1. The van der Waals surface area contributed by atoms with Gasteiger partial charge in [0, 0.05) is 21.5 Å². The molecule has 1 fully saturated rings. The molecule has 0 saturated heterocycles. The lowest BCUT2D eigenvalue weighted by Gasteiger charge is -2.30. The lowest BCUT2D eigenvalue weighted by atomic mass is 9.95. The molecule has 2 heterocycles. The van der Waals surface area contributed by atoms with Crippen LogP contribution < -0.4 is 5.32 Å². The molecule has 9 heteroatoms. The van der Waals surface area contributed by atoms with E-state index >= 15 is 0 Å². The first kappa shape index (κ1) is 24.2. The number of nitrogens with one attached hydrogen (secondary N) is 1. The number of ether oxygens (including phenoxy) is 1. The number of hydrogen-bond donors (Lipinski definition) is 1. The molecular weight excluding hydrogens is 503 g/mol. The van der Waals surface area contributed by atoms with Crippen molar-refractivity contribution in [2.45, 2.75) is 62.1 Å². The van der Waals surface area contributed by atoms with Crippen molar-refractivity contribution < 1.29 is 9.53 Å². The second-order valence-electron chi connectivity index (χ2n) is 8.83. The SMILES string of the molecule is CC1=C(C(=O)OC2CCCCC2)C(c2cccc(Cl)c2)n2nc(SCc3ccccc3Cl)nc2N1. The summed E-state index contributed by atoms with van der Waals surface area (Å²) >= 11 is 14.2. The number of anilines is 1. The zero-order valence-electron chi connectivity index (χ0n) is 19.3. The zero-order chi connectivity index (χ0) is 24.4. The third kappa shape index (κ3) is 5.37. The molecule has 6 nitrogen and oxygen atoms in total. The second kappa shape index (κ2) is 10.6. The van der Waals surface area contributed by atoms with Crippen LogP contribution in [-0.2, 0) is 15.3 Å². The highest BCUT2D eigenvalue weighted by atomic mass is 35.5. The van der Waals surface area contributed by atoms with E-state index in [0.717, 1.165) is 36.8 Å². The first-order chi connectivity index (χ1) is 17.0. The summed E-state index contributed by atoms with van der Waals surface area (Å²) in [6, 6.07) is 14.7. The monoisotopic (exact) mass is 528 g/mol. The summed E-state index contributed by atoms with van der Waals surface area (Å²) in [5.74, 6) is 0.884. The van der Waals surface area contributed by atoms with Gasteiger partial charge >= 0.3 is 5.97 Å². The van der Waals surface area contributed by atoms with Gasteiger partial charge in [-0.25, -0.2) is 9.48 Å². The highest BCUT2D eigenvalue weighted by molar-refractivity contribution is 7.98. The maximum absolute atomic E-state index is 13.5. The van der Waals surface area contributed by atoms with Crippen LogP contribution in [0.1, 0.15) is 56.2 Å². The van der Waals surface area contributed by atoms with Gasteiger partial charge in [0.05, 0.1) is 5.57 Å². The van der Waals surface area contributed by atoms with Crippen molar-refractivity contribution in [2.75, 3.05) is 5.32 Å². The number of hydrogen-bond acceptors (Lipinski definition) is 6. The van der Waals surface area contributed by atoms with Gasteiger partial charge in [0.25, 0.3) is 0 Å². The lowest BCUT2D eigenvalue weighted by Crippen LogP contribution is -2.32. The quantitative estimate of drug-likeness (QED) is 0.273. The summed E-state index contributed by atoms with van der Waals surface area (Å²) in [5, 5.41) is 9.94. The van der Waals surface area contributed by atoms with E-state index < -0.39 is 6.04 Å². The Hall–Kier alpha value is -2.48. The second-order valence-corrected chi connectivity index (χ2v) is 10.6. The lowest BCUT2D eigenvalue weighted by molar-refractivity contribution is -0.146. The average molecular weight is 529 g/mol. The minimum Gasteiger partial charge on any atom is -0.459 e. The number of rotatable bonds is 6. The summed E-state index contributed by atoms with van der Waals surface area (Å²) < 4.78 is 7.73. The Morgan fingerprint density at radius 2 is 1.94 bits per heavy atom. The van der Waals surface area contributed by atoms with Crippen molar-refractivity contribution in [3.63, 3.8) is 0 Å². The molecule has 1 saturated carbocycles. The van der Waals surface area contributed by atoms with Crippen molar-refractivity contribution in [2.24, 2.45) is 0 Å². The van der Waals surface area contributed by atoms with Gasteiger partial charge in [-0.2, -0.15) is 4.98 Å². The standard InChI is InChI=1S/C26H26Cl2N4O2S/c1-16-22(24(33)34-20-11-3-2-4-12-20)23(17-9-7-10-19(27)14-17)32-25(29-16)30-26(31-32)35-15-18-8-5-6-13-21(18)28/h5-10,13-14,20,23H,2-4,11-12,15H2,1H3,(H,29,30,31). The molecular formula is C26H26Cl2N4O2S. The van der Waals surface area contributed by atoms with Crippen LogP contribution in [0.3, 0.4) is 0 Å². The smallest absolute Gasteiger partial charge is 0.338 e. The Morgan fingerprint density at radius 3 is 2.71 bits per heavy atom. The number of carbonyl (C=O) groups excluding carboxylic acids is 1. The molecule has 2 aliphatic rings. The molecule has 1 aliphatic heterocycles. The van der Waals surface area contributed by atoms with E-state index in [1.807, 2.05) is 55.5 Å². The molecule has 3 aromatic rings. The number of aromatic nitrogens is 3. The van der Waals surface area contributed by atoms with E-state index in [4.69, 9.17) is 38.0 Å². The number of benzene rings is 2. The molecule has 0 radical (unpaired) electrons. The van der Waals surface area contributed by atoms with Crippen LogP contribution in [0.4, 0.5) is 5.95 Å². The van der Waals surface area contributed by atoms with Gasteiger partial charge in [-0.15, -0.1) is 5.10 Å². The molecule has 2 aromatic carbocycles. The minimum atomic E-state index is -0.497. The topological polar surface area (TPSA) is 69.0 Å². The minimum absolute atomic E-state index is 0.0459. The highest BCUT2D eigenvalue weighted by Crippen LogP contribution is 2.38. The Balaban J connectivity index is 1.46.